The van der Waals surface area contributed by atoms with E-state index in [1.54, 1.807) is 0 Å². The number of esters is 1. The molecule has 7 nitrogen and oxygen atoms in total. The third kappa shape index (κ3) is 14.5. The molecule has 1 unspecified atom stereocenters. The third-order valence-corrected chi connectivity index (χ3v) is 3.98. The van der Waals surface area contributed by atoms with E-state index in [4.69, 9.17) is 10.5 Å². The van der Waals surface area contributed by atoms with Crippen molar-refractivity contribution in [3.63, 3.8) is 0 Å². The van der Waals surface area contributed by atoms with E-state index in [1.807, 2.05) is 0 Å². The maximum Gasteiger partial charge on any atom is 0.472 e. The van der Waals surface area contributed by atoms with Gasteiger partial charge in [-0.05, 0) is 6.42 Å². The van der Waals surface area contributed by atoms with Crippen molar-refractivity contribution in [2.24, 2.45) is 5.73 Å². The first-order chi connectivity index (χ1) is 10.5. The van der Waals surface area contributed by atoms with Crippen molar-refractivity contribution in [2.45, 2.75) is 58.3 Å². The molecule has 8 heteroatoms. The molecular formula is C14H30NO6P. The molecule has 0 saturated carbocycles. The zero-order chi connectivity index (χ0) is 16.7. The Kier molecular flexibility index (Phi) is 13.9. The molecule has 0 saturated heterocycles. The van der Waals surface area contributed by atoms with Gasteiger partial charge in [-0.2, -0.15) is 0 Å². The number of nitrogens with two attached hydrogens (primary N) is 1. The number of rotatable bonds is 15. The lowest BCUT2D eigenvalue weighted by Crippen LogP contribution is -2.12. The second-order valence-corrected chi connectivity index (χ2v) is 6.47. The van der Waals surface area contributed by atoms with Crippen molar-refractivity contribution in [3.8, 4) is 0 Å². The Morgan fingerprint density at radius 1 is 1.00 bits per heavy atom. The molecule has 0 aromatic heterocycles. The van der Waals surface area contributed by atoms with Gasteiger partial charge in [0, 0.05) is 13.0 Å². The van der Waals surface area contributed by atoms with E-state index in [0.717, 1.165) is 19.3 Å². The number of ether oxygens (including phenoxy) is 1. The summed E-state index contributed by atoms with van der Waals surface area (Å²) in [6, 6.07) is 0. The summed E-state index contributed by atoms with van der Waals surface area (Å²) in [5.74, 6) is -0.312. The van der Waals surface area contributed by atoms with Crippen LogP contribution in [0.4, 0.5) is 0 Å². The predicted molar refractivity (Wildman–Crippen MR) is 84.4 cm³/mol. The summed E-state index contributed by atoms with van der Waals surface area (Å²) < 4.78 is 25.3. The van der Waals surface area contributed by atoms with E-state index in [1.165, 1.54) is 25.7 Å². The minimum absolute atomic E-state index is 0.0636. The summed E-state index contributed by atoms with van der Waals surface area (Å²) in [5, 5.41) is 0. The van der Waals surface area contributed by atoms with E-state index in [0.29, 0.717) is 6.42 Å². The van der Waals surface area contributed by atoms with E-state index in [9.17, 15) is 14.3 Å². The van der Waals surface area contributed by atoms with Gasteiger partial charge >= 0.3 is 13.8 Å². The zero-order valence-corrected chi connectivity index (χ0v) is 14.4. The lowest BCUT2D eigenvalue weighted by molar-refractivity contribution is -0.144. The van der Waals surface area contributed by atoms with Gasteiger partial charge < -0.3 is 15.4 Å². The quantitative estimate of drug-likeness (QED) is 0.268. The second kappa shape index (κ2) is 14.2. The number of unbranched alkanes of at least 4 members (excludes halogenated alkanes) is 6. The minimum atomic E-state index is -4.08. The number of carbonyl (C=O) groups excluding carboxylic acids is 1. The number of phosphoric ester groups is 1. The normalized spacial score (nSPS) is 13.8. The summed E-state index contributed by atoms with van der Waals surface area (Å²) in [6.45, 7) is 2.00. The van der Waals surface area contributed by atoms with Crippen molar-refractivity contribution in [2.75, 3.05) is 26.4 Å². The smallest absolute Gasteiger partial charge is 0.463 e. The maximum absolute atomic E-state index is 11.4. The molecule has 0 spiro atoms. The molecule has 0 amide bonds. The molecule has 0 aliphatic carbocycles. The van der Waals surface area contributed by atoms with Gasteiger partial charge in [-0.3, -0.25) is 13.8 Å². The number of phosphoric acid groups is 1. The molecule has 0 aromatic rings. The Balaban J connectivity index is 3.44. The second-order valence-electron chi connectivity index (χ2n) is 5.02. The Morgan fingerprint density at radius 3 is 2.23 bits per heavy atom. The van der Waals surface area contributed by atoms with Gasteiger partial charge in [0.2, 0.25) is 0 Å². The van der Waals surface area contributed by atoms with Gasteiger partial charge in [-0.1, -0.05) is 45.4 Å². The molecule has 0 aliphatic heterocycles. The Morgan fingerprint density at radius 2 is 1.59 bits per heavy atom. The molecule has 0 fully saturated rings. The average molecular weight is 339 g/mol. The van der Waals surface area contributed by atoms with Crippen LogP contribution in [-0.2, 0) is 23.1 Å². The molecule has 0 rings (SSSR count). The van der Waals surface area contributed by atoms with E-state index in [-0.39, 0.29) is 32.3 Å². The SMILES string of the molecule is CCCCCCCCCC(=O)OCCOP(=O)(O)OCCN. The van der Waals surface area contributed by atoms with Crippen LogP contribution in [0.25, 0.3) is 0 Å². The summed E-state index contributed by atoms with van der Waals surface area (Å²) in [4.78, 5) is 20.6. The Labute approximate surface area is 133 Å². The van der Waals surface area contributed by atoms with Crippen LogP contribution in [0.15, 0.2) is 0 Å². The van der Waals surface area contributed by atoms with Crippen LogP contribution in [0, 0.1) is 0 Å². The predicted octanol–water partition coefficient (Wildman–Crippen LogP) is 2.76. The van der Waals surface area contributed by atoms with Crippen molar-refractivity contribution in [1.29, 1.82) is 0 Å². The van der Waals surface area contributed by atoms with E-state index < -0.39 is 7.82 Å². The lowest BCUT2D eigenvalue weighted by atomic mass is 10.1. The highest BCUT2D eigenvalue weighted by Crippen LogP contribution is 2.42. The van der Waals surface area contributed by atoms with Crippen molar-refractivity contribution < 1.29 is 28.0 Å². The summed E-state index contributed by atoms with van der Waals surface area (Å²) in [5.41, 5.74) is 5.14. The van der Waals surface area contributed by atoms with Gasteiger partial charge in [0.05, 0.1) is 13.2 Å². The van der Waals surface area contributed by atoms with E-state index in [2.05, 4.69) is 16.0 Å². The summed E-state index contributed by atoms with van der Waals surface area (Å²) in [7, 11) is -4.08. The fourth-order valence-electron chi connectivity index (χ4n) is 1.81. The largest absolute Gasteiger partial charge is 0.472 e. The Hall–Kier alpha value is -0.460. The first kappa shape index (κ1) is 21.5. The molecular weight excluding hydrogens is 309 g/mol. The number of hydrogen-bond donors (Lipinski definition) is 2. The van der Waals surface area contributed by atoms with Gasteiger partial charge in [0.15, 0.2) is 0 Å². The van der Waals surface area contributed by atoms with Crippen LogP contribution >= 0.6 is 7.82 Å². The van der Waals surface area contributed by atoms with Gasteiger partial charge in [0.1, 0.15) is 6.61 Å². The summed E-state index contributed by atoms with van der Waals surface area (Å²) >= 11 is 0. The topological polar surface area (TPSA) is 108 Å². The minimum Gasteiger partial charge on any atom is -0.463 e. The van der Waals surface area contributed by atoms with Crippen LogP contribution in [0.5, 0.6) is 0 Å². The number of hydrogen-bond acceptors (Lipinski definition) is 6. The highest BCUT2D eigenvalue weighted by molar-refractivity contribution is 7.47. The molecule has 0 radical (unpaired) electrons. The monoisotopic (exact) mass is 339 g/mol. The van der Waals surface area contributed by atoms with Crippen molar-refractivity contribution in [3.05, 3.63) is 0 Å². The van der Waals surface area contributed by atoms with Crippen LogP contribution in [0.2, 0.25) is 0 Å². The molecule has 0 heterocycles. The van der Waals surface area contributed by atoms with Crippen LogP contribution < -0.4 is 5.73 Å². The van der Waals surface area contributed by atoms with Crippen molar-refractivity contribution >= 4 is 13.8 Å². The fourth-order valence-corrected chi connectivity index (χ4v) is 2.53. The Bertz CT molecular complexity index is 326. The van der Waals surface area contributed by atoms with Crippen molar-refractivity contribution in [1.82, 2.24) is 0 Å². The third-order valence-electron chi connectivity index (χ3n) is 2.96. The molecule has 0 aliphatic rings. The van der Waals surface area contributed by atoms with Crippen LogP contribution in [0.3, 0.4) is 0 Å². The lowest BCUT2D eigenvalue weighted by Gasteiger charge is -2.11. The molecule has 22 heavy (non-hydrogen) atoms. The molecule has 1 atom stereocenters. The maximum atomic E-state index is 11.4. The van der Waals surface area contributed by atoms with Gasteiger partial charge in [-0.25, -0.2) is 4.57 Å². The zero-order valence-electron chi connectivity index (χ0n) is 13.5. The van der Waals surface area contributed by atoms with Crippen LogP contribution in [0.1, 0.15) is 58.3 Å². The van der Waals surface area contributed by atoms with E-state index >= 15 is 0 Å². The molecule has 0 bridgehead atoms. The molecule has 132 valence electrons. The highest BCUT2D eigenvalue weighted by Gasteiger charge is 2.20. The van der Waals surface area contributed by atoms with Gasteiger partial charge in [-0.15, -0.1) is 0 Å². The first-order valence-electron chi connectivity index (χ1n) is 7.99. The standard InChI is InChI=1S/C14H30NO6P/c1-2-3-4-5-6-7-8-9-14(16)19-12-13-21-22(17,18)20-11-10-15/h2-13,15H2,1H3,(H,17,18). The average Bonchev–Trinajstić information content (AvgIpc) is 2.49. The summed E-state index contributed by atoms with van der Waals surface area (Å²) in [6.07, 6.45) is 8.31. The first-order valence-corrected chi connectivity index (χ1v) is 9.49. The van der Waals surface area contributed by atoms with Crippen LogP contribution in [-0.4, -0.2) is 37.2 Å². The van der Waals surface area contributed by atoms with Gasteiger partial charge in [0.25, 0.3) is 0 Å². The molecule has 0 aromatic carbocycles. The highest BCUT2D eigenvalue weighted by atomic mass is 31.2. The number of carbonyl (C=O) groups is 1. The molecule has 3 N–H and O–H groups in total. The fraction of sp³-hybridized carbons (Fsp3) is 0.929.